The number of ether oxygens (including phenoxy) is 1. The van der Waals surface area contributed by atoms with Crippen molar-refractivity contribution in [2.24, 2.45) is 0 Å². The Morgan fingerprint density at radius 1 is 0.867 bits per heavy atom. The largest absolute Gasteiger partial charge is 0.457 e. The minimum Gasteiger partial charge on any atom is -0.457 e. The van der Waals surface area contributed by atoms with E-state index in [0.29, 0.717) is 23.6 Å². The zero-order chi connectivity index (χ0) is 20.8. The quantitative estimate of drug-likeness (QED) is 0.416. The van der Waals surface area contributed by atoms with E-state index >= 15 is 0 Å². The highest BCUT2D eigenvalue weighted by Gasteiger charge is 2.15. The molecule has 1 amide bonds. The maximum atomic E-state index is 12.8. The van der Waals surface area contributed by atoms with Crippen LogP contribution < -0.4 is 10.1 Å². The summed E-state index contributed by atoms with van der Waals surface area (Å²) >= 11 is 1.48. The second-order valence-corrected chi connectivity index (χ2v) is 7.91. The second-order valence-electron chi connectivity index (χ2n) is 6.71. The number of para-hydroxylation sites is 2. The van der Waals surface area contributed by atoms with Gasteiger partial charge in [0.1, 0.15) is 17.6 Å². The molecule has 3 aromatic carbocycles. The molecule has 1 unspecified atom stereocenters. The summed E-state index contributed by atoms with van der Waals surface area (Å²) < 4.78 is 5.88. The molecule has 0 aliphatic rings. The van der Waals surface area contributed by atoms with Gasteiger partial charge < -0.3 is 15.2 Å². The van der Waals surface area contributed by atoms with Crippen LogP contribution in [0.1, 0.15) is 31.8 Å². The van der Waals surface area contributed by atoms with Crippen LogP contribution in [-0.4, -0.2) is 11.0 Å². The number of hydrogen-bond acceptors (Lipinski definition) is 4. The molecule has 4 nitrogen and oxygen atoms in total. The van der Waals surface area contributed by atoms with Gasteiger partial charge in [-0.25, -0.2) is 0 Å². The van der Waals surface area contributed by atoms with Crippen LogP contribution >= 0.6 is 11.3 Å². The lowest BCUT2D eigenvalue weighted by Gasteiger charge is -2.11. The Balaban J connectivity index is 1.42. The highest BCUT2D eigenvalue weighted by molar-refractivity contribution is 7.12. The van der Waals surface area contributed by atoms with Gasteiger partial charge in [-0.05, 0) is 42.0 Å². The Labute approximate surface area is 179 Å². The van der Waals surface area contributed by atoms with Gasteiger partial charge >= 0.3 is 0 Å². The number of aliphatic hydroxyl groups is 1. The molecule has 1 heterocycles. The molecule has 0 spiro atoms. The van der Waals surface area contributed by atoms with Crippen LogP contribution in [-0.2, 0) is 6.54 Å². The molecule has 150 valence electrons. The Morgan fingerprint density at radius 3 is 2.30 bits per heavy atom. The standard InChI is InChI=1S/C25H21NO3S/c27-24(18-9-3-1-4-10-18)23-16-15-20(30-23)17-26-25(28)21-13-7-8-14-22(21)29-19-11-5-2-6-12-19/h1-16,24,27H,17H2,(H,26,28). The molecule has 0 fully saturated rings. The fourth-order valence-corrected chi connectivity index (χ4v) is 4.02. The Kier molecular flexibility index (Phi) is 6.23. The van der Waals surface area contributed by atoms with E-state index < -0.39 is 6.10 Å². The molecular formula is C25H21NO3S. The Hall–Kier alpha value is -3.41. The number of rotatable bonds is 7. The summed E-state index contributed by atoms with van der Waals surface area (Å²) in [4.78, 5) is 14.6. The van der Waals surface area contributed by atoms with Gasteiger partial charge in [-0.1, -0.05) is 60.7 Å². The fourth-order valence-electron chi connectivity index (χ4n) is 3.06. The van der Waals surface area contributed by atoms with Crippen molar-refractivity contribution < 1.29 is 14.6 Å². The number of thiophene rings is 1. The molecule has 4 aromatic rings. The smallest absolute Gasteiger partial charge is 0.255 e. The molecule has 4 rings (SSSR count). The topological polar surface area (TPSA) is 58.6 Å². The highest BCUT2D eigenvalue weighted by atomic mass is 32.1. The summed E-state index contributed by atoms with van der Waals surface area (Å²) in [6.45, 7) is 0.380. The molecule has 0 radical (unpaired) electrons. The van der Waals surface area contributed by atoms with Crippen LogP contribution in [0.15, 0.2) is 97.1 Å². The number of hydrogen-bond donors (Lipinski definition) is 2. The van der Waals surface area contributed by atoms with Gasteiger partial charge in [-0.2, -0.15) is 0 Å². The van der Waals surface area contributed by atoms with E-state index in [0.717, 1.165) is 15.3 Å². The van der Waals surface area contributed by atoms with Crippen LogP contribution in [0.25, 0.3) is 0 Å². The maximum absolute atomic E-state index is 12.8. The van der Waals surface area contributed by atoms with Crippen molar-refractivity contribution in [3.63, 3.8) is 0 Å². The van der Waals surface area contributed by atoms with Crippen molar-refractivity contribution >= 4 is 17.2 Å². The number of aliphatic hydroxyl groups excluding tert-OH is 1. The average molecular weight is 416 g/mol. The molecule has 0 saturated heterocycles. The van der Waals surface area contributed by atoms with Crippen molar-refractivity contribution in [2.75, 3.05) is 0 Å². The van der Waals surface area contributed by atoms with Crippen molar-refractivity contribution in [3.8, 4) is 11.5 Å². The van der Waals surface area contributed by atoms with Crippen LogP contribution in [0.4, 0.5) is 0 Å². The van der Waals surface area contributed by atoms with Gasteiger partial charge in [0.25, 0.3) is 5.91 Å². The normalized spacial score (nSPS) is 11.6. The molecule has 0 saturated carbocycles. The van der Waals surface area contributed by atoms with E-state index in [1.54, 1.807) is 12.1 Å². The number of amides is 1. The van der Waals surface area contributed by atoms with Gasteiger partial charge in [0.15, 0.2) is 0 Å². The van der Waals surface area contributed by atoms with Crippen LogP contribution in [0.5, 0.6) is 11.5 Å². The van der Waals surface area contributed by atoms with Crippen molar-refractivity contribution in [1.29, 1.82) is 0 Å². The third-order valence-corrected chi connectivity index (χ3v) is 5.73. The molecule has 1 aromatic heterocycles. The van der Waals surface area contributed by atoms with Crippen LogP contribution in [0, 0.1) is 0 Å². The summed E-state index contributed by atoms with van der Waals surface area (Å²) in [5.41, 5.74) is 1.32. The van der Waals surface area contributed by atoms with Gasteiger partial charge in [-0.3, -0.25) is 4.79 Å². The number of carbonyl (C=O) groups excluding carboxylic acids is 1. The summed E-state index contributed by atoms with van der Waals surface area (Å²) in [5, 5.41) is 13.5. The zero-order valence-corrected chi connectivity index (χ0v) is 17.0. The van der Waals surface area contributed by atoms with Gasteiger partial charge in [0, 0.05) is 9.75 Å². The van der Waals surface area contributed by atoms with Crippen molar-refractivity contribution in [3.05, 3.63) is 118 Å². The lowest BCUT2D eigenvalue weighted by atomic mass is 10.1. The number of nitrogens with one attached hydrogen (secondary N) is 1. The molecule has 1 atom stereocenters. The molecule has 0 bridgehead atoms. The third kappa shape index (κ3) is 4.76. The summed E-state index contributed by atoms with van der Waals surface area (Å²) in [6, 6.07) is 29.9. The first-order chi connectivity index (χ1) is 14.7. The Morgan fingerprint density at radius 2 is 1.53 bits per heavy atom. The van der Waals surface area contributed by atoms with E-state index in [1.165, 1.54) is 11.3 Å². The third-order valence-electron chi connectivity index (χ3n) is 4.59. The fraction of sp³-hybridized carbons (Fsp3) is 0.0800. The molecule has 0 aliphatic carbocycles. The Bertz CT molecular complexity index is 1110. The monoisotopic (exact) mass is 415 g/mol. The molecule has 5 heteroatoms. The number of carbonyl (C=O) groups is 1. The number of benzene rings is 3. The first-order valence-electron chi connectivity index (χ1n) is 9.62. The molecular weight excluding hydrogens is 394 g/mol. The minimum atomic E-state index is -0.666. The van der Waals surface area contributed by atoms with Gasteiger partial charge in [-0.15, -0.1) is 11.3 Å². The average Bonchev–Trinajstić information content (AvgIpc) is 3.28. The van der Waals surface area contributed by atoms with E-state index in [4.69, 9.17) is 4.74 Å². The molecule has 2 N–H and O–H groups in total. The van der Waals surface area contributed by atoms with Crippen molar-refractivity contribution in [1.82, 2.24) is 5.32 Å². The SMILES string of the molecule is O=C(NCc1ccc(C(O)c2ccccc2)s1)c1ccccc1Oc1ccccc1. The first kappa shape index (κ1) is 19.9. The summed E-state index contributed by atoms with van der Waals surface area (Å²) in [7, 11) is 0. The lowest BCUT2D eigenvalue weighted by molar-refractivity contribution is 0.0949. The zero-order valence-electron chi connectivity index (χ0n) is 16.2. The predicted molar refractivity (Wildman–Crippen MR) is 119 cm³/mol. The summed E-state index contributed by atoms with van der Waals surface area (Å²) in [6.07, 6.45) is -0.666. The van der Waals surface area contributed by atoms with Gasteiger partial charge in [0.2, 0.25) is 0 Å². The van der Waals surface area contributed by atoms with Crippen molar-refractivity contribution in [2.45, 2.75) is 12.6 Å². The maximum Gasteiger partial charge on any atom is 0.255 e. The predicted octanol–water partition coefficient (Wildman–Crippen LogP) is 5.55. The van der Waals surface area contributed by atoms with Crippen LogP contribution in [0.3, 0.4) is 0 Å². The first-order valence-corrected chi connectivity index (χ1v) is 10.4. The van der Waals surface area contributed by atoms with E-state index in [2.05, 4.69) is 5.32 Å². The molecule has 30 heavy (non-hydrogen) atoms. The minimum absolute atomic E-state index is 0.208. The second kappa shape index (κ2) is 9.39. The van der Waals surface area contributed by atoms with E-state index in [9.17, 15) is 9.90 Å². The van der Waals surface area contributed by atoms with Gasteiger partial charge in [0.05, 0.1) is 12.1 Å². The summed E-state index contributed by atoms with van der Waals surface area (Å²) in [5.74, 6) is 0.975. The van der Waals surface area contributed by atoms with E-state index in [-0.39, 0.29) is 5.91 Å². The highest BCUT2D eigenvalue weighted by Crippen LogP contribution is 2.29. The lowest BCUT2D eigenvalue weighted by Crippen LogP contribution is -2.22. The van der Waals surface area contributed by atoms with E-state index in [1.807, 2.05) is 84.9 Å². The molecule has 0 aliphatic heterocycles. The van der Waals surface area contributed by atoms with Crippen LogP contribution in [0.2, 0.25) is 0 Å².